The van der Waals surface area contributed by atoms with Crippen molar-refractivity contribution in [2.75, 3.05) is 26.2 Å². The second-order valence-electron chi connectivity index (χ2n) is 6.83. The molecule has 1 aromatic heterocycles. The standard InChI is InChI=1S/C20H26N2O3/c1-15-11-18(14-25-15)20(24)21-12-16-7-9-22(10-8-16)13-19(23)17-5-3-2-4-6-17/h2-6,11,14,16,19,23H,7-10,12-13H2,1H3,(H,21,24)/t19-/m0/s1. The number of aliphatic hydroxyl groups is 1. The summed E-state index contributed by atoms with van der Waals surface area (Å²) in [6, 6.07) is 11.5. The largest absolute Gasteiger partial charge is 0.469 e. The Labute approximate surface area is 148 Å². The molecule has 5 heteroatoms. The van der Waals surface area contributed by atoms with Crippen molar-refractivity contribution in [2.24, 2.45) is 5.92 Å². The van der Waals surface area contributed by atoms with E-state index in [0.717, 1.165) is 37.3 Å². The highest BCUT2D eigenvalue weighted by Crippen LogP contribution is 2.20. The summed E-state index contributed by atoms with van der Waals surface area (Å²) in [6.45, 7) is 5.09. The maximum Gasteiger partial charge on any atom is 0.254 e. The Balaban J connectivity index is 1.39. The highest BCUT2D eigenvalue weighted by atomic mass is 16.3. The van der Waals surface area contributed by atoms with Crippen LogP contribution >= 0.6 is 0 Å². The van der Waals surface area contributed by atoms with Crippen LogP contribution < -0.4 is 5.32 Å². The summed E-state index contributed by atoms with van der Waals surface area (Å²) in [5.41, 5.74) is 1.55. The number of likely N-dealkylation sites (tertiary alicyclic amines) is 1. The van der Waals surface area contributed by atoms with Crippen LogP contribution in [0.3, 0.4) is 0 Å². The van der Waals surface area contributed by atoms with Gasteiger partial charge in [-0.2, -0.15) is 0 Å². The predicted molar refractivity (Wildman–Crippen MR) is 96.3 cm³/mol. The van der Waals surface area contributed by atoms with Crippen molar-refractivity contribution in [3.63, 3.8) is 0 Å². The van der Waals surface area contributed by atoms with Crippen molar-refractivity contribution in [1.29, 1.82) is 0 Å². The van der Waals surface area contributed by atoms with Crippen molar-refractivity contribution in [3.05, 3.63) is 59.5 Å². The molecule has 0 bridgehead atoms. The monoisotopic (exact) mass is 342 g/mol. The molecule has 1 fully saturated rings. The van der Waals surface area contributed by atoms with Crippen molar-refractivity contribution in [3.8, 4) is 0 Å². The molecule has 0 radical (unpaired) electrons. The summed E-state index contributed by atoms with van der Waals surface area (Å²) in [6.07, 6.45) is 3.12. The van der Waals surface area contributed by atoms with E-state index in [-0.39, 0.29) is 5.91 Å². The van der Waals surface area contributed by atoms with Gasteiger partial charge in [-0.3, -0.25) is 4.79 Å². The second kappa shape index (κ2) is 8.32. The van der Waals surface area contributed by atoms with Crippen molar-refractivity contribution in [2.45, 2.75) is 25.9 Å². The number of carbonyl (C=O) groups excluding carboxylic acids is 1. The minimum Gasteiger partial charge on any atom is -0.469 e. The van der Waals surface area contributed by atoms with Crippen molar-refractivity contribution < 1.29 is 14.3 Å². The van der Waals surface area contributed by atoms with Crippen LogP contribution in [0.25, 0.3) is 0 Å². The van der Waals surface area contributed by atoms with E-state index in [4.69, 9.17) is 4.42 Å². The fourth-order valence-electron chi connectivity index (χ4n) is 3.30. The van der Waals surface area contributed by atoms with Crippen LogP contribution in [-0.2, 0) is 0 Å². The summed E-state index contributed by atoms with van der Waals surface area (Å²) in [5.74, 6) is 1.16. The maximum absolute atomic E-state index is 12.1. The molecule has 0 spiro atoms. The van der Waals surface area contributed by atoms with E-state index in [0.29, 0.717) is 24.6 Å². The van der Waals surface area contributed by atoms with Gasteiger partial charge in [0.05, 0.1) is 11.7 Å². The molecule has 1 aliphatic heterocycles. The normalized spacial score (nSPS) is 17.4. The number of β-amino-alcohol motifs (C(OH)–C–C–N with tert-alkyl or cyclic N) is 1. The lowest BCUT2D eigenvalue weighted by Gasteiger charge is -2.33. The first-order valence-electron chi connectivity index (χ1n) is 8.90. The number of aliphatic hydroxyl groups excluding tert-OH is 1. The van der Waals surface area contributed by atoms with Crippen LogP contribution in [0.5, 0.6) is 0 Å². The fraction of sp³-hybridized carbons (Fsp3) is 0.450. The molecule has 2 heterocycles. The van der Waals surface area contributed by atoms with Gasteiger partial charge in [0.25, 0.3) is 5.91 Å². The van der Waals surface area contributed by atoms with Gasteiger partial charge in [-0.05, 0) is 50.4 Å². The Kier molecular flexibility index (Phi) is 5.89. The fourth-order valence-corrected chi connectivity index (χ4v) is 3.30. The quantitative estimate of drug-likeness (QED) is 0.847. The van der Waals surface area contributed by atoms with Crippen molar-refractivity contribution in [1.82, 2.24) is 10.2 Å². The minimum absolute atomic E-state index is 0.0706. The van der Waals surface area contributed by atoms with E-state index in [9.17, 15) is 9.90 Å². The van der Waals surface area contributed by atoms with Crippen LogP contribution in [0.2, 0.25) is 0 Å². The first-order valence-corrected chi connectivity index (χ1v) is 8.90. The lowest BCUT2D eigenvalue weighted by molar-refractivity contribution is 0.0852. The third-order valence-electron chi connectivity index (χ3n) is 4.87. The third-order valence-corrected chi connectivity index (χ3v) is 4.87. The SMILES string of the molecule is Cc1cc(C(=O)NCC2CCN(C[C@H](O)c3ccccc3)CC2)co1. The number of hydrogen-bond donors (Lipinski definition) is 2. The summed E-state index contributed by atoms with van der Waals surface area (Å²) in [5, 5.41) is 13.3. The molecule has 1 saturated heterocycles. The van der Waals surface area contributed by atoms with Gasteiger partial charge in [0.2, 0.25) is 0 Å². The number of carbonyl (C=O) groups is 1. The van der Waals surface area contributed by atoms with Gasteiger partial charge in [-0.1, -0.05) is 30.3 Å². The molecule has 25 heavy (non-hydrogen) atoms. The number of nitrogens with zero attached hydrogens (tertiary/aromatic N) is 1. The van der Waals surface area contributed by atoms with Gasteiger partial charge in [-0.15, -0.1) is 0 Å². The Morgan fingerprint density at radius 2 is 2.04 bits per heavy atom. The topological polar surface area (TPSA) is 65.7 Å². The highest BCUT2D eigenvalue weighted by molar-refractivity contribution is 5.93. The molecule has 1 amide bonds. The summed E-state index contributed by atoms with van der Waals surface area (Å²) >= 11 is 0. The van der Waals surface area contributed by atoms with E-state index in [1.165, 1.54) is 6.26 Å². The molecule has 5 nitrogen and oxygen atoms in total. The van der Waals surface area contributed by atoms with Gasteiger partial charge >= 0.3 is 0 Å². The summed E-state index contributed by atoms with van der Waals surface area (Å²) in [4.78, 5) is 14.4. The zero-order chi connectivity index (χ0) is 17.6. The van der Waals surface area contributed by atoms with E-state index in [1.54, 1.807) is 6.07 Å². The Hall–Kier alpha value is -2.11. The second-order valence-corrected chi connectivity index (χ2v) is 6.83. The number of nitrogens with one attached hydrogen (secondary N) is 1. The van der Waals surface area contributed by atoms with Gasteiger partial charge in [0.15, 0.2) is 0 Å². The number of aryl methyl sites for hydroxylation is 1. The lowest BCUT2D eigenvalue weighted by Crippen LogP contribution is -2.40. The third kappa shape index (κ3) is 4.94. The Morgan fingerprint density at radius 3 is 2.68 bits per heavy atom. The molecule has 1 atom stereocenters. The number of furan rings is 1. The van der Waals surface area contributed by atoms with E-state index < -0.39 is 6.10 Å². The summed E-state index contributed by atoms with van der Waals surface area (Å²) in [7, 11) is 0. The lowest BCUT2D eigenvalue weighted by atomic mass is 9.96. The zero-order valence-electron chi connectivity index (χ0n) is 14.6. The molecule has 0 unspecified atom stereocenters. The van der Waals surface area contributed by atoms with E-state index >= 15 is 0 Å². The molecule has 3 rings (SSSR count). The molecule has 134 valence electrons. The highest BCUT2D eigenvalue weighted by Gasteiger charge is 2.22. The van der Waals surface area contributed by atoms with Gasteiger partial charge in [0, 0.05) is 13.1 Å². The predicted octanol–water partition coefficient (Wildman–Crippen LogP) is 2.76. The number of piperidine rings is 1. The average Bonchev–Trinajstić information content (AvgIpc) is 3.08. The van der Waals surface area contributed by atoms with Crippen LogP contribution in [-0.4, -0.2) is 42.1 Å². The first kappa shape index (κ1) is 17.7. The van der Waals surface area contributed by atoms with Crippen molar-refractivity contribution >= 4 is 5.91 Å². The number of hydrogen-bond acceptors (Lipinski definition) is 4. The molecular formula is C20H26N2O3. The number of benzene rings is 1. The van der Waals surface area contributed by atoms with Crippen LogP contribution in [0.4, 0.5) is 0 Å². The Bertz CT molecular complexity index is 675. The first-order chi connectivity index (χ1) is 12.1. The maximum atomic E-state index is 12.1. The molecule has 0 aliphatic carbocycles. The minimum atomic E-state index is -0.443. The average molecular weight is 342 g/mol. The molecule has 0 saturated carbocycles. The van der Waals surface area contributed by atoms with Gasteiger partial charge in [-0.25, -0.2) is 0 Å². The molecule has 1 aromatic carbocycles. The zero-order valence-corrected chi connectivity index (χ0v) is 14.6. The van der Waals surface area contributed by atoms with Gasteiger partial charge in [0.1, 0.15) is 12.0 Å². The van der Waals surface area contributed by atoms with E-state index in [1.807, 2.05) is 37.3 Å². The molecular weight excluding hydrogens is 316 g/mol. The molecule has 1 aliphatic rings. The number of amides is 1. The van der Waals surface area contributed by atoms with Crippen LogP contribution in [0.15, 0.2) is 47.1 Å². The number of rotatable bonds is 6. The summed E-state index contributed by atoms with van der Waals surface area (Å²) < 4.78 is 5.17. The van der Waals surface area contributed by atoms with Crippen LogP contribution in [0.1, 0.15) is 40.6 Å². The van der Waals surface area contributed by atoms with Crippen LogP contribution in [0, 0.1) is 12.8 Å². The molecule has 2 N–H and O–H groups in total. The molecule has 2 aromatic rings. The van der Waals surface area contributed by atoms with Gasteiger partial charge < -0.3 is 19.7 Å². The smallest absolute Gasteiger partial charge is 0.254 e. The Morgan fingerprint density at radius 1 is 1.32 bits per heavy atom. The van der Waals surface area contributed by atoms with E-state index in [2.05, 4.69) is 10.2 Å².